The molecule has 43 heavy (non-hydrogen) atoms. The van der Waals surface area contributed by atoms with Gasteiger partial charge in [-0.05, 0) is 6.92 Å². The molecule has 4 rings (SSSR count). The van der Waals surface area contributed by atoms with Crippen molar-refractivity contribution in [2.75, 3.05) is 0 Å². The fourth-order valence-corrected chi connectivity index (χ4v) is 4.90. The Hall–Kier alpha value is -4.25. The molecule has 0 atom stereocenters. The van der Waals surface area contributed by atoms with Crippen molar-refractivity contribution < 1.29 is 74.6 Å². The second kappa shape index (κ2) is 10.5. The van der Waals surface area contributed by atoms with Gasteiger partial charge in [0.25, 0.3) is 0 Å². The molecule has 0 radical (unpaired) electrons. The van der Waals surface area contributed by atoms with Crippen LogP contribution in [0.3, 0.4) is 0 Å². The number of hydrogen-bond acceptors (Lipinski definition) is 0. The molecule has 0 unspecified atom stereocenters. The second-order valence-corrected chi connectivity index (χ2v) is 8.93. The molecule has 0 nitrogen and oxygen atoms in total. The topological polar surface area (TPSA) is 0 Å². The van der Waals surface area contributed by atoms with Gasteiger partial charge in [-0.2, -0.15) is 5.46 Å². The molecule has 0 aliphatic heterocycles. The highest BCUT2D eigenvalue weighted by Gasteiger charge is 2.49. The van der Waals surface area contributed by atoms with Crippen LogP contribution in [0.5, 0.6) is 0 Å². The Kier molecular flexibility index (Phi) is 7.72. The fraction of sp³-hybridized carbons (Fsp3) is 0.0400. The highest BCUT2D eigenvalue weighted by Crippen LogP contribution is 2.29. The van der Waals surface area contributed by atoms with Gasteiger partial charge < -0.3 is 0 Å². The molecule has 0 aliphatic carbocycles. The average molecular weight is 639 g/mol. The summed E-state index contributed by atoms with van der Waals surface area (Å²) >= 11 is 0. The maximum atomic E-state index is 15.6. The van der Waals surface area contributed by atoms with Crippen molar-refractivity contribution >= 4 is 28.0 Å². The van der Waals surface area contributed by atoms with Gasteiger partial charge >= 0.3 is 0 Å². The molecule has 0 aromatic heterocycles. The fourth-order valence-electron chi connectivity index (χ4n) is 4.90. The molecule has 4 aromatic rings. The Morgan fingerprint density at radius 1 is 0.326 bits per heavy atom. The van der Waals surface area contributed by atoms with Crippen LogP contribution in [0.2, 0.25) is 0 Å². The van der Waals surface area contributed by atoms with Crippen molar-refractivity contribution in [3.63, 3.8) is 0 Å². The van der Waals surface area contributed by atoms with E-state index in [1.165, 1.54) is 0 Å². The molecule has 0 amide bonds. The summed E-state index contributed by atoms with van der Waals surface area (Å²) in [4.78, 5) is 0. The maximum absolute atomic E-state index is 15.6. The SMILES string of the molecule is Cc1c(F)c(F)c([B-](c2cc(F)c(F)c(F)c2)(c2c(F)c(F)c(F)c(F)c2F)c2c(F)c(F)c(F)c(F)c2F)c(F)c1F. The maximum Gasteiger partial charge on any atom is 0.200 e. The Morgan fingerprint density at radius 2 is 0.558 bits per heavy atom. The molecule has 0 spiro atoms. The van der Waals surface area contributed by atoms with Crippen LogP contribution in [0.15, 0.2) is 12.1 Å². The van der Waals surface area contributed by atoms with Gasteiger partial charge in [0.1, 0.15) is 41.0 Å². The standard InChI is InChI=1S/C25H5BF17/c1-4-11(29)14(32)8(15(33)12(4)30)26(5-2-6(27)13(31)7(28)3-5,9-16(34)20(38)24(42)21(39)17(9)35)10-18(36)22(40)25(43)23(41)19(10)37/h2-3H,1H3/q-1. The van der Waals surface area contributed by atoms with Crippen LogP contribution in [-0.2, 0) is 0 Å². The van der Waals surface area contributed by atoms with Crippen molar-refractivity contribution in [2.45, 2.75) is 6.92 Å². The number of benzene rings is 4. The van der Waals surface area contributed by atoms with Gasteiger partial charge in [-0.25, -0.2) is 74.6 Å². The van der Waals surface area contributed by atoms with E-state index in [1.54, 1.807) is 0 Å². The van der Waals surface area contributed by atoms with Crippen LogP contribution in [0, 0.1) is 106 Å². The average Bonchev–Trinajstić information content (AvgIpc) is 2.97. The lowest BCUT2D eigenvalue weighted by atomic mass is 9.12. The van der Waals surface area contributed by atoms with E-state index >= 15 is 26.3 Å². The predicted octanol–water partition coefficient (Wildman–Crippen LogP) is 5.74. The lowest BCUT2D eigenvalue weighted by molar-refractivity contribution is 0.381. The van der Waals surface area contributed by atoms with Gasteiger partial charge in [-0.15, -0.1) is 16.4 Å². The Bertz CT molecular complexity index is 1590. The van der Waals surface area contributed by atoms with E-state index in [0.29, 0.717) is 0 Å². The van der Waals surface area contributed by atoms with Crippen LogP contribution in [0.4, 0.5) is 74.6 Å². The van der Waals surface area contributed by atoms with Crippen molar-refractivity contribution in [1.82, 2.24) is 0 Å². The minimum atomic E-state index is -6.25. The highest BCUT2D eigenvalue weighted by molar-refractivity contribution is 7.20. The van der Waals surface area contributed by atoms with Gasteiger partial charge in [0.15, 0.2) is 64.0 Å². The molecule has 0 fully saturated rings. The molecule has 18 heteroatoms. The summed E-state index contributed by atoms with van der Waals surface area (Å²) in [5.41, 5.74) is -12.7. The Labute approximate surface area is 226 Å². The molecule has 0 saturated carbocycles. The van der Waals surface area contributed by atoms with E-state index in [1.807, 2.05) is 0 Å². The zero-order chi connectivity index (χ0) is 32.6. The summed E-state index contributed by atoms with van der Waals surface area (Å²) in [6.07, 6.45) is -6.25. The van der Waals surface area contributed by atoms with E-state index in [2.05, 4.69) is 0 Å². The van der Waals surface area contributed by atoms with Crippen molar-refractivity contribution in [2.24, 2.45) is 0 Å². The molecule has 4 aromatic carbocycles. The molecule has 0 bridgehead atoms. The van der Waals surface area contributed by atoms with E-state index < -0.39 is 145 Å². The highest BCUT2D eigenvalue weighted by atomic mass is 19.2. The molecule has 228 valence electrons. The lowest BCUT2D eigenvalue weighted by Gasteiger charge is -2.44. The largest absolute Gasteiger partial charge is 0.207 e. The van der Waals surface area contributed by atoms with Crippen molar-refractivity contribution in [3.05, 3.63) is 117 Å². The number of rotatable bonds is 4. The summed E-state index contributed by atoms with van der Waals surface area (Å²) in [7, 11) is 0. The lowest BCUT2D eigenvalue weighted by Crippen LogP contribution is -2.79. The Morgan fingerprint density at radius 3 is 0.837 bits per heavy atom. The third-order valence-electron chi connectivity index (χ3n) is 6.81. The summed E-state index contributed by atoms with van der Waals surface area (Å²) in [6.45, 7) is 0.281. The van der Waals surface area contributed by atoms with Crippen LogP contribution >= 0.6 is 0 Å². The minimum Gasteiger partial charge on any atom is -0.207 e. The molecule has 0 saturated heterocycles. The number of halogens is 17. The molecule has 0 heterocycles. The first-order chi connectivity index (χ1) is 19.8. The van der Waals surface area contributed by atoms with Gasteiger partial charge in [-0.1, -0.05) is 12.1 Å². The quantitative estimate of drug-likeness (QED) is 0.116. The summed E-state index contributed by atoms with van der Waals surface area (Å²) in [5, 5.41) is 0. The Balaban J connectivity index is 2.61. The summed E-state index contributed by atoms with van der Waals surface area (Å²) in [5.74, 6) is -51.4. The van der Waals surface area contributed by atoms with E-state index in [-0.39, 0.29) is 6.92 Å². The monoisotopic (exact) mass is 639 g/mol. The normalized spacial score (nSPS) is 12.0. The zero-order valence-electron chi connectivity index (χ0n) is 20.2. The second-order valence-electron chi connectivity index (χ2n) is 8.93. The molecule has 0 aliphatic rings. The van der Waals surface area contributed by atoms with Gasteiger partial charge in [-0.3, -0.25) is 0 Å². The van der Waals surface area contributed by atoms with E-state index in [4.69, 9.17) is 0 Å². The van der Waals surface area contributed by atoms with Gasteiger partial charge in [0.2, 0.25) is 0 Å². The predicted molar refractivity (Wildman–Crippen MR) is 114 cm³/mol. The van der Waals surface area contributed by atoms with Crippen molar-refractivity contribution in [1.29, 1.82) is 0 Å². The first-order valence-corrected chi connectivity index (χ1v) is 11.0. The number of hydrogen-bond donors (Lipinski definition) is 0. The summed E-state index contributed by atoms with van der Waals surface area (Å²) in [6, 6.07) is -1.30. The third kappa shape index (κ3) is 4.16. The smallest absolute Gasteiger partial charge is 0.200 e. The van der Waals surface area contributed by atoms with Gasteiger partial charge in [0, 0.05) is 5.56 Å². The third-order valence-corrected chi connectivity index (χ3v) is 6.81. The van der Waals surface area contributed by atoms with Crippen LogP contribution in [0.1, 0.15) is 5.56 Å². The first kappa shape index (κ1) is 31.7. The van der Waals surface area contributed by atoms with Gasteiger partial charge in [0.05, 0.1) is 0 Å². The van der Waals surface area contributed by atoms with Crippen LogP contribution in [-0.4, -0.2) is 6.15 Å². The molecular weight excluding hydrogens is 634 g/mol. The van der Waals surface area contributed by atoms with E-state index in [9.17, 15) is 48.3 Å². The van der Waals surface area contributed by atoms with Crippen molar-refractivity contribution in [3.8, 4) is 0 Å². The zero-order valence-corrected chi connectivity index (χ0v) is 20.2. The van der Waals surface area contributed by atoms with E-state index in [0.717, 1.165) is 0 Å². The first-order valence-electron chi connectivity index (χ1n) is 11.0. The van der Waals surface area contributed by atoms with Crippen LogP contribution in [0.25, 0.3) is 0 Å². The molecule has 0 N–H and O–H groups in total. The minimum absolute atomic E-state index is 0.281. The molecular formula is C25H5BF17-. The van der Waals surface area contributed by atoms with Crippen LogP contribution < -0.4 is 21.9 Å². The summed E-state index contributed by atoms with van der Waals surface area (Å²) < 4.78 is 251.